The average Bonchev–Trinajstić information content (AvgIpc) is 2.72. The zero-order valence-electron chi connectivity index (χ0n) is 11.8. The molecule has 1 saturated carbocycles. The molecule has 1 aliphatic rings. The first-order valence-corrected chi connectivity index (χ1v) is 7.03. The van der Waals surface area contributed by atoms with Crippen LogP contribution in [0.2, 0.25) is 0 Å². The Morgan fingerprint density at radius 3 is 2.50 bits per heavy atom. The van der Waals surface area contributed by atoms with Crippen LogP contribution in [-0.2, 0) is 6.54 Å². The minimum Gasteiger partial charge on any atom is -0.393 e. The molecule has 2 unspecified atom stereocenters. The Hall–Kier alpha value is -0.860. The van der Waals surface area contributed by atoms with Crippen molar-refractivity contribution >= 4 is 0 Å². The lowest BCUT2D eigenvalue weighted by atomic mass is 10.0. The van der Waals surface area contributed by atoms with Gasteiger partial charge in [-0.1, -0.05) is 18.6 Å². The van der Waals surface area contributed by atoms with E-state index in [0.717, 1.165) is 19.5 Å². The Kier molecular flexibility index (Phi) is 4.41. The second kappa shape index (κ2) is 5.85. The van der Waals surface area contributed by atoms with Gasteiger partial charge in [-0.2, -0.15) is 0 Å². The van der Waals surface area contributed by atoms with Crippen LogP contribution < -0.4 is 5.32 Å². The second-order valence-corrected chi connectivity index (χ2v) is 5.75. The van der Waals surface area contributed by atoms with E-state index in [-0.39, 0.29) is 6.10 Å². The molecule has 0 heterocycles. The molecule has 1 fully saturated rings. The van der Waals surface area contributed by atoms with Gasteiger partial charge in [0.1, 0.15) is 0 Å². The molecule has 1 aromatic rings. The summed E-state index contributed by atoms with van der Waals surface area (Å²) in [4.78, 5) is 0. The van der Waals surface area contributed by atoms with Crippen molar-refractivity contribution in [1.29, 1.82) is 0 Å². The standard InChI is InChI=1S/C16H25NO/c1-11-7-13(3)15(8-12(11)2)10-17-9-14-5-4-6-16(14)18/h7-8,14,16-18H,4-6,9-10H2,1-3H3. The number of rotatable bonds is 4. The highest BCUT2D eigenvalue weighted by molar-refractivity contribution is 5.36. The Morgan fingerprint density at radius 2 is 1.83 bits per heavy atom. The maximum atomic E-state index is 9.78. The van der Waals surface area contributed by atoms with Gasteiger partial charge in [-0.05, 0) is 61.8 Å². The van der Waals surface area contributed by atoms with Crippen LogP contribution in [0.3, 0.4) is 0 Å². The van der Waals surface area contributed by atoms with E-state index in [1.807, 2.05) is 0 Å². The molecule has 2 nitrogen and oxygen atoms in total. The fraction of sp³-hybridized carbons (Fsp3) is 0.625. The molecule has 100 valence electrons. The normalized spacial score (nSPS) is 23.6. The second-order valence-electron chi connectivity index (χ2n) is 5.75. The molecular formula is C16H25NO. The smallest absolute Gasteiger partial charge is 0.0580 e. The van der Waals surface area contributed by atoms with Crippen molar-refractivity contribution < 1.29 is 5.11 Å². The Morgan fingerprint density at radius 1 is 1.11 bits per heavy atom. The van der Waals surface area contributed by atoms with Crippen molar-refractivity contribution in [3.05, 3.63) is 34.4 Å². The number of aliphatic hydroxyl groups is 1. The molecule has 2 atom stereocenters. The van der Waals surface area contributed by atoms with Crippen molar-refractivity contribution in [2.45, 2.75) is 52.7 Å². The monoisotopic (exact) mass is 247 g/mol. The Balaban J connectivity index is 1.88. The molecule has 0 bridgehead atoms. The lowest BCUT2D eigenvalue weighted by Gasteiger charge is -2.16. The number of aliphatic hydroxyl groups excluding tert-OH is 1. The van der Waals surface area contributed by atoms with Gasteiger partial charge < -0.3 is 10.4 Å². The molecule has 1 aliphatic carbocycles. The molecular weight excluding hydrogens is 222 g/mol. The van der Waals surface area contributed by atoms with E-state index in [9.17, 15) is 5.11 Å². The highest BCUT2D eigenvalue weighted by Gasteiger charge is 2.24. The van der Waals surface area contributed by atoms with Crippen LogP contribution in [0, 0.1) is 26.7 Å². The summed E-state index contributed by atoms with van der Waals surface area (Å²) < 4.78 is 0. The zero-order valence-corrected chi connectivity index (χ0v) is 11.8. The first-order valence-electron chi connectivity index (χ1n) is 7.03. The van der Waals surface area contributed by atoms with E-state index in [0.29, 0.717) is 5.92 Å². The summed E-state index contributed by atoms with van der Waals surface area (Å²) in [5.74, 6) is 0.455. The fourth-order valence-electron chi connectivity index (χ4n) is 2.86. The van der Waals surface area contributed by atoms with Gasteiger partial charge >= 0.3 is 0 Å². The molecule has 2 heteroatoms. The lowest BCUT2D eigenvalue weighted by Crippen LogP contribution is -2.27. The van der Waals surface area contributed by atoms with E-state index in [1.165, 1.54) is 35.1 Å². The summed E-state index contributed by atoms with van der Waals surface area (Å²) in [6.07, 6.45) is 3.24. The highest BCUT2D eigenvalue weighted by Crippen LogP contribution is 2.24. The Labute approximate surface area is 110 Å². The number of nitrogens with one attached hydrogen (secondary N) is 1. The van der Waals surface area contributed by atoms with Crippen LogP contribution in [0.15, 0.2) is 12.1 Å². The molecule has 2 N–H and O–H groups in total. The summed E-state index contributed by atoms with van der Waals surface area (Å²) in [6, 6.07) is 4.54. The van der Waals surface area contributed by atoms with Crippen LogP contribution >= 0.6 is 0 Å². The van der Waals surface area contributed by atoms with Gasteiger partial charge in [0.2, 0.25) is 0 Å². The third-order valence-corrected chi connectivity index (χ3v) is 4.29. The molecule has 0 radical (unpaired) electrons. The van der Waals surface area contributed by atoms with E-state index >= 15 is 0 Å². The van der Waals surface area contributed by atoms with Gasteiger partial charge in [0.15, 0.2) is 0 Å². The van der Waals surface area contributed by atoms with Crippen LogP contribution in [0.1, 0.15) is 41.5 Å². The average molecular weight is 247 g/mol. The van der Waals surface area contributed by atoms with Gasteiger partial charge in [0, 0.05) is 13.1 Å². The lowest BCUT2D eigenvalue weighted by molar-refractivity contribution is 0.131. The maximum absolute atomic E-state index is 9.78. The summed E-state index contributed by atoms with van der Waals surface area (Å²) in [7, 11) is 0. The number of hydrogen-bond donors (Lipinski definition) is 2. The van der Waals surface area contributed by atoms with E-state index in [1.54, 1.807) is 0 Å². The molecule has 1 aromatic carbocycles. The predicted octanol–water partition coefficient (Wildman–Crippen LogP) is 2.86. The van der Waals surface area contributed by atoms with E-state index in [4.69, 9.17) is 0 Å². The van der Waals surface area contributed by atoms with Crippen LogP contribution in [0.5, 0.6) is 0 Å². The topological polar surface area (TPSA) is 32.3 Å². The SMILES string of the molecule is Cc1cc(C)c(CNCC2CCCC2O)cc1C. The molecule has 0 aromatic heterocycles. The van der Waals surface area contributed by atoms with Crippen molar-refractivity contribution in [3.63, 3.8) is 0 Å². The highest BCUT2D eigenvalue weighted by atomic mass is 16.3. The third kappa shape index (κ3) is 3.12. The van der Waals surface area contributed by atoms with Crippen LogP contribution in [0.4, 0.5) is 0 Å². The number of hydrogen-bond acceptors (Lipinski definition) is 2. The molecule has 2 rings (SSSR count). The summed E-state index contributed by atoms with van der Waals surface area (Å²) in [5, 5.41) is 13.3. The molecule has 0 amide bonds. The third-order valence-electron chi connectivity index (χ3n) is 4.29. The molecule has 0 aliphatic heterocycles. The first-order chi connectivity index (χ1) is 8.58. The van der Waals surface area contributed by atoms with Gasteiger partial charge in [-0.15, -0.1) is 0 Å². The van der Waals surface area contributed by atoms with Crippen LogP contribution in [-0.4, -0.2) is 17.8 Å². The van der Waals surface area contributed by atoms with E-state index in [2.05, 4.69) is 38.2 Å². The van der Waals surface area contributed by atoms with Gasteiger partial charge in [-0.25, -0.2) is 0 Å². The van der Waals surface area contributed by atoms with E-state index < -0.39 is 0 Å². The molecule has 18 heavy (non-hydrogen) atoms. The van der Waals surface area contributed by atoms with Gasteiger partial charge in [-0.3, -0.25) is 0 Å². The van der Waals surface area contributed by atoms with Gasteiger partial charge in [0.25, 0.3) is 0 Å². The van der Waals surface area contributed by atoms with Crippen LogP contribution in [0.25, 0.3) is 0 Å². The molecule has 0 saturated heterocycles. The number of benzene rings is 1. The Bertz CT molecular complexity index is 414. The fourth-order valence-corrected chi connectivity index (χ4v) is 2.86. The van der Waals surface area contributed by atoms with Crippen molar-refractivity contribution in [2.24, 2.45) is 5.92 Å². The zero-order chi connectivity index (χ0) is 13.1. The number of aryl methyl sites for hydroxylation is 3. The maximum Gasteiger partial charge on any atom is 0.0580 e. The first kappa shape index (κ1) is 13.6. The summed E-state index contributed by atoms with van der Waals surface area (Å²) in [6.45, 7) is 8.35. The summed E-state index contributed by atoms with van der Waals surface area (Å²) in [5.41, 5.74) is 5.46. The van der Waals surface area contributed by atoms with Crippen molar-refractivity contribution in [3.8, 4) is 0 Å². The quantitative estimate of drug-likeness (QED) is 0.857. The minimum atomic E-state index is -0.0849. The molecule has 0 spiro atoms. The largest absolute Gasteiger partial charge is 0.393 e. The van der Waals surface area contributed by atoms with Crippen molar-refractivity contribution in [1.82, 2.24) is 5.32 Å². The summed E-state index contributed by atoms with van der Waals surface area (Å²) >= 11 is 0. The van der Waals surface area contributed by atoms with Crippen molar-refractivity contribution in [2.75, 3.05) is 6.54 Å². The predicted molar refractivity (Wildman–Crippen MR) is 75.7 cm³/mol. The van der Waals surface area contributed by atoms with Gasteiger partial charge in [0.05, 0.1) is 6.10 Å². The minimum absolute atomic E-state index is 0.0849.